The molecule has 0 saturated heterocycles. The molecule has 0 aliphatic rings. The molecule has 0 aliphatic carbocycles. The molecule has 2 nitrogen and oxygen atoms in total. The van der Waals surface area contributed by atoms with Crippen molar-refractivity contribution in [3.8, 4) is 27.9 Å². The van der Waals surface area contributed by atoms with Crippen molar-refractivity contribution in [3.05, 3.63) is 164 Å². The molecular formula is C40H28N2. The summed E-state index contributed by atoms with van der Waals surface area (Å²) < 4.78 is 2.36. The predicted molar refractivity (Wildman–Crippen MR) is 179 cm³/mol. The van der Waals surface area contributed by atoms with E-state index in [0.29, 0.717) is 0 Å². The van der Waals surface area contributed by atoms with Gasteiger partial charge in [0, 0.05) is 38.8 Å². The number of nitrogens with one attached hydrogen (secondary N) is 1. The van der Waals surface area contributed by atoms with E-state index in [0.717, 1.165) is 11.4 Å². The van der Waals surface area contributed by atoms with Gasteiger partial charge in [-0.1, -0.05) is 115 Å². The van der Waals surface area contributed by atoms with Gasteiger partial charge in [-0.3, -0.25) is 0 Å². The van der Waals surface area contributed by atoms with Crippen molar-refractivity contribution < 1.29 is 0 Å². The number of fused-ring (bicyclic) bond motifs is 4. The Hall–Kier alpha value is -5.60. The molecule has 0 bridgehead atoms. The fraction of sp³-hybridized carbons (Fsp3) is 0. The monoisotopic (exact) mass is 536 g/mol. The fourth-order valence-electron chi connectivity index (χ4n) is 6.18. The third kappa shape index (κ3) is 4.13. The van der Waals surface area contributed by atoms with Crippen LogP contribution in [-0.2, 0) is 0 Å². The summed E-state index contributed by atoms with van der Waals surface area (Å²) in [6.45, 7) is 0. The van der Waals surface area contributed by atoms with Crippen molar-refractivity contribution in [2.24, 2.45) is 0 Å². The van der Waals surface area contributed by atoms with Crippen molar-refractivity contribution in [2.45, 2.75) is 0 Å². The Bertz CT molecular complexity index is 2200. The van der Waals surface area contributed by atoms with E-state index in [1.165, 1.54) is 60.5 Å². The topological polar surface area (TPSA) is 17.0 Å². The number of hydrogen-bond acceptors (Lipinski definition) is 1. The summed E-state index contributed by atoms with van der Waals surface area (Å²) in [5.74, 6) is 0. The molecule has 0 atom stereocenters. The van der Waals surface area contributed by atoms with Gasteiger partial charge in [0.25, 0.3) is 0 Å². The van der Waals surface area contributed by atoms with Crippen molar-refractivity contribution in [2.75, 3.05) is 5.32 Å². The summed E-state index contributed by atoms with van der Waals surface area (Å²) in [4.78, 5) is 0. The zero-order valence-corrected chi connectivity index (χ0v) is 23.0. The first kappa shape index (κ1) is 24.2. The van der Waals surface area contributed by atoms with Gasteiger partial charge < -0.3 is 9.88 Å². The molecule has 0 amide bonds. The Kier molecular flexibility index (Phi) is 5.82. The summed E-state index contributed by atoms with van der Waals surface area (Å²) in [6, 6.07) is 58.5. The van der Waals surface area contributed by atoms with Crippen molar-refractivity contribution in [1.29, 1.82) is 0 Å². The molecule has 0 aliphatic heterocycles. The van der Waals surface area contributed by atoms with Gasteiger partial charge in [-0.2, -0.15) is 0 Å². The summed E-state index contributed by atoms with van der Waals surface area (Å²) in [7, 11) is 0. The first-order valence-electron chi connectivity index (χ1n) is 14.4. The van der Waals surface area contributed by atoms with Gasteiger partial charge >= 0.3 is 0 Å². The average Bonchev–Trinajstić information content (AvgIpc) is 3.40. The second kappa shape index (κ2) is 10.1. The third-order valence-electron chi connectivity index (χ3n) is 8.18. The summed E-state index contributed by atoms with van der Waals surface area (Å²) in [5.41, 5.74) is 10.5. The van der Waals surface area contributed by atoms with E-state index in [9.17, 15) is 0 Å². The molecule has 2 heteroatoms. The van der Waals surface area contributed by atoms with E-state index < -0.39 is 0 Å². The van der Waals surface area contributed by atoms with Crippen molar-refractivity contribution in [3.63, 3.8) is 0 Å². The van der Waals surface area contributed by atoms with Gasteiger partial charge in [-0.15, -0.1) is 0 Å². The maximum Gasteiger partial charge on any atom is 0.0541 e. The second-order valence-electron chi connectivity index (χ2n) is 10.7. The van der Waals surface area contributed by atoms with E-state index in [1.54, 1.807) is 0 Å². The van der Waals surface area contributed by atoms with Crippen LogP contribution < -0.4 is 5.32 Å². The van der Waals surface area contributed by atoms with Crippen LogP contribution in [0.5, 0.6) is 0 Å². The van der Waals surface area contributed by atoms with Crippen LogP contribution in [0.25, 0.3) is 60.5 Å². The molecule has 0 radical (unpaired) electrons. The van der Waals surface area contributed by atoms with Crippen LogP contribution in [-0.4, -0.2) is 4.57 Å². The van der Waals surface area contributed by atoms with Crippen LogP contribution in [0.15, 0.2) is 164 Å². The maximum absolute atomic E-state index is 3.76. The highest BCUT2D eigenvalue weighted by molar-refractivity contribution is 6.10. The number of hydrogen-bond donors (Lipinski definition) is 1. The lowest BCUT2D eigenvalue weighted by Crippen LogP contribution is -1.95. The lowest BCUT2D eigenvalue weighted by atomic mass is 9.96. The average molecular weight is 537 g/mol. The normalized spacial score (nSPS) is 11.3. The molecule has 0 spiro atoms. The van der Waals surface area contributed by atoms with Gasteiger partial charge in [0.15, 0.2) is 0 Å². The molecule has 7 aromatic carbocycles. The molecule has 198 valence electrons. The van der Waals surface area contributed by atoms with Crippen LogP contribution in [0.2, 0.25) is 0 Å². The molecule has 8 rings (SSSR count). The minimum atomic E-state index is 1.09. The van der Waals surface area contributed by atoms with Crippen LogP contribution in [0.4, 0.5) is 11.4 Å². The molecule has 8 aromatic rings. The van der Waals surface area contributed by atoms with Crippen LogP contribution in [0.1, 0.15) is 0 Å². The highest BCUT2D eigenvalue weighted by Crippen LogP contribution is 2.39. The lowest BCUT2D eigenvalue weighted by Gasteiger charge is -2.16. The largest absolute Gasteiger partial charge is 0.355 e. The summed E-state index contributed by atoms with van der Waals surface area (Å²) in [5, 5.41) is 8.72. The Balaban J connectivity index is 1.28. The second-order valence-corrected chi connectivity index (χ2v) is 10.7. The van der Waals surface area contributed by atoms with Crippen molar-refractivity contribution >= 4 is 44.0 Å². The maximum atomic E-state index is 3.76. The fourth-order valence-corrected chi connectivity index (χ4v) is 6.18. The summed E-state index contributed by atoms with van der Waals surface area (Å²) >= 11 is 0. The highest BCUT2D eigenvalue weighted by Gasteiger charge is 2.14. The molecule has 1 heterocycles. The Morgan fingerprint density at radius 1 is 0.381 bits per heavy atom. The van der Waals surface area contributed by atoms with Gasteiger partial charge in [0.05, 0.1) is 11.0 Å². The summed E-state index contributed by atoms with van der Waals surface area (Å²) in [6.07, 6.45) is 0. The smallest absolute Gasteiger partial charge is 0.0541 e. The van der Waals surface area contributed by atoms with E-state index in [1.807, 2.05) is 0 Å². The minimum Gasteiger partial charge on any atom is -0.355 e. The molecule has 42 heavy (non-hydrogen) atoms. The number of para-hydroxylation sites is 2. The van der Waals surface area contributed by atoms with Gasteiger partial charge in [0.1, 0.15) is 0 Å². The minimum absolute atomic E-state index is 1.09. The number of aromatic nitrogens is 1. The number of benzene rings is 7. The van der Waals surface area contributed by atoms with Crippen LogP contribution in [0, 0.1) is 0 Å². The highest BCUT2D eigenvalue weighted by atomic mass is 15.0. The number of rotatable bonds is 5. The quantitative estimate of drug-likeness (QED) is 0.231. The molecule has 0 saturated carbocycles. The van der Waals surface area contributed by atoms with E-state index in [-0.39, 0.29) is 0 Å². The first-order chi connectivity index (χ1) is 20.8. The lowest BCUT2D eigenvalue weighted by molar-refractivity contribution is 1.18. The first-order valence-corrected chi connectivity index (χ1v) is 14.4. The van der Waals surface area contributed by atoms with Gasteiger partial charge in [0.2, 0.25) is 0 Å². The number of anilines is 2. The third-order valence-corrected chi connectivity index (χ3v) is 8.18. The van der Waals surface area contributed by atoms with E-state index in [4.69, 9.17) is 0 Å². The van der Waals surface area contributed by atoms with Crippen molar-refractivity contribution in [1.82, 2.24) is 4.57 Å². The Labute approximate surface area is 245 Å². The SMILES string of the molecule is c1ccc(-c2cc(-c3ccc4c(c3)c3ccccc3n4-c3ccccc3)ccc2Nc2cccc3ccccc23)cc1. The molecule has 1 aromatic heterocycles. The molecular weight excluding hydrogens is 508 g/mol. The van der Waals surface area contributed by atoms with Gasteiger partial charge in [-0.25, -0.2) is 0 Å². The molecule has 1 N–H and O–H groups in total. The zero-order valence-electron chi connectivity index (χ0n) is 23.0. The molecule has 0 fully saturated rings. The standard InChI is InChI=1S/C40H28N2/c1-3-12-29(13-4-1)35-26-30(22-24-38(35)41-37-20-11-15-28-14-7-8-18-33(28)37)31-23-25-40-36(27-31)34-19-9-10-21-39(34)42(40)32-16-5-2-6-17-32/h1-27,41H. The Morgan fingerprint density at radius 2 is 1.02 bits per heavy atom. The zero-order chi connectivity index (χ0) is 27.9. The predicted octanol–water partition coefficient (Wildman–Crippen LogP) is 11.0. The van der Waals surface area contributed by atoms with E-state index >= 15 is 0 Å². The molecule has 0 unspecified atom stereocenters. The van der Waals surface area contributed by atoms with Crippen LogP contribution >= 0.6 is 0 Å². The van der Waals surface area contributed by atoms with E-state index in [2.05, 4.69) is 174 Å². The van der Waals surface area contributed by atoms with Gasteiger partial charge in [-0.05, 0) is 70.6 Å². The van der Waals surface area contributed by atoms with Crippen LogP contribution in [0.3, 0.4) is 0 Å². The Morgan fingerprint density at radius 3 is 1.88 bits per heavy atom. The number of nitrogens with zero attached hydrogens (tertiary/aromatic N) is 1.